The molecule has 3 saturated heterocycles. The summed E-state index contributed by atoms with van der Waals surface area (Å²) in [7, 11) is -3.23. The summed E-state index contributed by atoms with van der Waals surface area (Å²) in [6.07, 6.45) is 0. The van der Waals surface area contributed by atoms with Crippen LogP contribution >= 0.6 is 0 Å². The number of ether oxygens (including phenoxy) is 1. The minimum Gasteiger partial charge on any atom is -0.494 e. The summed E-state index contributed by atoms with van der Waals surface area (Å²) in [5.74, 6) is 2.39. The number of amides is 1. The molecular weight excluding hydrogens is 450 g/mol. The lowest BCUT2D eigenvalue weighted by molar-refractivity contribution is -0.0169. The van der Waals surface area contributed by atoms with Crippen LogP contribution in [-0.2, 0) is 15.6 Å². The molecule has 3 aliphatic heterocycles. The summed E-state index contributed by atoms with van der Waals surface area (Å²) in [5.41, 5.74) is 7.88. The van der Waals surface area contributed by atoms with E-state index in [9.17, 15) is 13.2 Å². The second kappa shape index (κ2) is 8.89. The first-order valence-electron chi connectivity index (χ1n) is 12.1. The van der Waals surface area contributed by atoms with Crippen molar-refractivity contribution >= 4 is 21.4 Å². The van der Waals surface area contributed by atoms with Crippen molar-refractivity contribution in [2.75, 3.05) is 36.9 Å². The third-order valence-electron chi connectivity index (χ3n) is 7.87. The minimum atomic E-state index is -3.23. The summed E-state index contributed by atoms with van der Waals surface area (Å²) >= 11 is 0. The van der Waals surface area contributed by atoms with Gasteiger partial charge < -0.3 is 20.3 Å². The zero-order chi connectivity index (χ0) is 24.0. The molecular formula is C26H33N3O4S. The molecule has 8 heteroatoms. The topological polar surface area (TPSA) is 92.9 Å². The Morgan fingerprint density at radius 2 is 1.79 bits per heavy atom. The van der Waals surface area contributed by atoms with Gasteiger partial charge in [0.15, 0.2) is 9.84 Å². The van der Waals surface area contributed by atoms with E-state index in [1.807, 2.05) is 19.1 Å². The summed E-state index contributed by atoms with van der Waals surface area (Å²) in [5, 5.41) is 0. The van der Waals surface area contributed by atoms with Crippen molar-refractivity contribution in [3.8, 4) is 5.75 Å². The molecule has 0 radical (unpaired) electrons. The van der Waals surface area contributed by atoms with Crippen molar-refractivity contribution in [3.63, 3.8) is 0 Å². The van der Waals surface area contributed by atoms with Crippen LogP contribution in [0.1, 0.15) is 29.8 Å². The number of rotatable bonds is 8. The Morgan fingerprint density at radius 1 is 1.09 bits per heavy atom. The standard InChI is InChI=1S/C26H33N3O4S/c1-3-33-21-10-8-20(9-11-21)28-14-22-17(2)24-23(28)15-29(25(22)24)26(30)19-6-4-18(5-7-19)16-34(31,32)13-12-27/h4-11,17,22-25H,3,12-16,27H2,1-2H3/t17?,22-,23-,24?,25?/m1/s1. The number of benzene rings is 2. The van der Waals surface area contributed by atoms with Gasteiger partial charge in [-0.25, -0.2) is 8.42 Å². The Bertz CT molecular complexity index is 1150. The molecule has 0 aromatic heterocycles. The van der Waals surface area contributed by atoms with Gasteiger partial charge in [0.05, 0.1) is 24.2 Å². The molecule has 2 aromatic carbocycles. The number of nitrogens with zero attached hydrogens (tertiary/aromatic N) is 2. The van der Waals surface area contributed by atoms with Gasteiger partial charge in [0.25, 0.3) is 5.91 Å². The van der Waals surface area contributed by atoms with Gasteiger partial charge in [-0.1, -0.05) is 19.1 Å². The number of anilines is 1. The van der Waals surface area contributed by atoms with Crippen molar-refractivity contribution in [2.45, 2.75) is 31.7 Å². The molecule has 1 aliphatic carbocycles. The van der Waals surface area contributed by atoms with E-state index in [2.05, 4.69) is 28.9 Å². The van der Waals surface area contributed by atoms with E-state index in [1.54, 1.807) is 24.3 Å². The highest BCUT2D eigenvalue weighted by Gasteiger charge is 2.64. The molecule has 4 bridgehead atoms. The molecule has 4 aliphatic rings. The van der Waals surface area contributed by atoms with E-state index in [4.69, 9.17) is 10.5 Å². The molecule has 34 heavy (non-hydrogen) atoms. The molecule has 3 heterocycles. The van der Waals surface area contributed by atoms with Gasteiger partial charge in [-0.2, -0.15) is 0 Å². The molecule has 3 unspecified atom stereocenters. The molecule has 1 saturated carbocycles. The van der Waals surface area contributed by atoms with E-state index in [1.165, 1.54) is 5.69 Å². The average molecular weight is 484 g/mol. The molecule has 5 atom stereocenters. The predicted octanol–water partition coefficient (Wildman–Crippen LogP) is 2.55. The van der Waals surface area contributed by atoms with E-state index >= 15 is 0 Å². The van der Waals surface area contributed by atoms with E-state index in [-0.39, 0.29) is 30.0 Å². The maximum absolute atomic E-state index is 13.5. The number of likely N-dealkylation sites (tertiary alicyclic amines) is 1. The Morgan fingerprint density at radius 3 is 2.44 bits per heavy atom. The van der Waals surface area contributed by atoms with Gasteiger partial charge in [-0.3, -0.25) is 4.79 Å². The fourth-order valence-corrected chi connectivity index (χ4v) is 7.49. The molecule has 182 valence electrons. The molecule has 1 amide bonds. The predicted molar refractivity (Wildman–Crippen MR) is 133 cm³/mol. The van der Waals surface area contributed by atoms with Crippen molar-refractivity contribution in [3.05, 3.63) is 59.7 Å². The van der Waals surface area contributed by atoms with Gasteiger partial charge in [0, 0.05) is 48.8 Å². The first-order chi connectivity index (χ1) is 16.3. The highest BCUT2D eigenvalue weighted by molar-refractivity contribution is 7.90. The van der Waals surface area contributed by atoms with Crippen LogP contribution in [0.2, 0.25) is 0 Å². The van der Waals surface area contributed by atoms with Crippen LogP contribution in [0, 0.1) is 17.8 Å². The third-order valence-corrected chi connectivity index (χ3v) is 9.50. The maximum atomic E-state index is 13.5. The van der Waals surface area contributed by atoms with Crippen LogP contribution < -0.4 is 15.4 Å². The average Bonchev–Trinajstić information content (AvgIpc) is 3.08. The first-order valence-corrected chi connectivity index (χ1v) is 13.9. The molecule has 2 aromatic rings. The van der Waals surface area contributed by atoms with Crippen LogP contribution in [0.3, 0.4) is 0 Å². The number of piperidine rings is 2. The number of hydrogen-bond donors (Lipinski definition) is 1. The number of hydrogen-bond acceptors (Lipinski definition) is 6. The van der Waals surface area contributed by atoms with Gasteiger partial charge >= 0.3 is 0 Å². The minimum absolute atomic E-state index is 0.0314. The zero-order valence-electron chi connectivity index (χ0n) is 19.8. The number of sulfone groups is 1. The van der Waals surface area contributed by atoms with E-state index in [0.29, 0.717) is 41.5 Å². The normalized spacial score (nSPS) is 27.4. The maximum Gasteiger partial charge on any atom is 0.254 e. The van der Waals surface area contributed by atoms with Crippen LogP contribution in [0.15, 0.2) is 48.5 Å². The Kier molecular flexibility index (Phi) is 6.06. The Balaban J connectivity index is 1.31. The highest BCUT2D eigenvalue weighted by atomic mass is 32.2. The van der Waals surface area contributed by atoms with Crippen LogP contribution in [0.4, 0.5) is 5.69 Å². The van der Waals surface area contributed by atoms with Crippen LogP contribution in [-0.4, -0.2) is 63.3 Å². The lowest BCUT2D eigenvalue weighted by atomic mass is 9.57. The third kappa shape index (κ3) is 3.96. The van der Waals surface area contributed by atoms with Gasteiger partial charge in [0.2, 0.25) is 0 Å². The molecule has 7 nitrogen and oxygen atoms in total. The second-order valence-electron chi connectivity index (χ2n) is 9.77. The number of carbonyl (C=O) groups is 1. The van der Waals surface area contributed by atoms with Crippen molar-refractivity contribution in [1.82, 2.24) is 4.90 Å². The molecule has 0 spiro atoms. The highest BCUT2D eigenvalue weighted by Crippen LogP contribution is 2.56. The number of nitrogens with two attached hydrogens (primary N) is 1. The Hall–Kier alpha value is -2.58. The molecule has 6 rings (SSSR count). The number of carbonyl (C=O) groups excluding carboxylic acids is 1. The van der Waals surface area contributed by atoms with Crippen LogP contribution in [0.5, 0.6) is 5.75 Å². The fraction of sp³-hybridized carbons (Fsp3) is 0.500. The zero-order valence-corrected chi connectivity index (χ0v) is 20.6. The fourth-order valence-electron chi connectivity index (χ4n) is 6.28. The monoisotopic (exact) mass is 483 g/mol. The summed E-state index contributed by atoms with van der Waals surface area (Å²) in [6, 6.07) is 15.9. The van der Waals surface area contributed by atoms with Crippen LogP contribution in [0.25, 0.3) is 0 Å². The Labute approximate surface area is 201 Å². The summed E-state index contributed by atoms with van der Waals surface area (Å²) in [4.78, 5) is 18.0. The lowest BCUT2D eigenvalue weighted by Gasteiger charge is -2.58. The van der Waals surface area contributed by atoms with Crippen molar-refractivity contribution in [2.24, 2.45) is 23.5 Å². The molecule has 2 N–H and O–H groups in total. The quantitative estimate of drug-likeness (QED) is 0.620. The largest absolute Gasteiger partial charge is 0.494 e. The van der Waals surface area contributed by atoms with Gasteiger partial charge in [0.1, 0.15) is 5.75 Å². The second-order valence-corrected chi connectivity index (χ2v) is 12.0. The van der Waals surface area contributed by atoms with E-state index in [0.717, 1.165) is 18.8 Å². The van der Waals surface area contributed by atoms with Gasteiger partial charge in [-0.15, -0.1) is 0 Å². The van der Waals surface area contributed by atoms with Crippen molar-refractivity contribution in [1.29, 1.82) is 0 Å². The van der Waals surface area contributed by atoms with Crippen molar-refractivity contribution < 1.29 is 17.9 Å². The van der Waals surface area contributed by atoms with E-state index < -0.39 is 9.84 Å². The van der Waals surface area contributed by atoms with Gasteiger partial charge in [-0.05, 0) is 54.8 Å². The SMILES string of the molecule is CCOc1ccc(N2C[C@@H]3C(C)C4C3N(C(=O)c3ccc(CS(=O)(=O)CCN)cc3)C[C@H]42)cc1. The first kappa shape index (κ1) is 23.2. The summed E-state index contributed by atoms with van der Waals surface area (Å²) < 4.78 is 29.7. The molecule has 4 fully saturated rings. The summed E-state index contributed by atoms with van der Waals surface area (Å²) in [6.45, 7) is 6.74. The smallest absolute Gasteiger partial charge is 0.254 e. The lowest BCUT2D eigenvalue weighted by Crippen LogP contribution is -2.66. The number of fused-ring (bicyclic) bond motifs is 1.